The molecule has 1 aliphatic heterocycles. The lowest BCUT2D eigenvalue weighted by molar-refractivity contribution is -0.0953. The molecule has 1 fully saturated rings. The molecule has 6 rings (SSSR count). The van der Waals surface area contributed by atoms with E-state index in [0.29, 0.717) is 17.1 Å². The maximum Gasteiger partial charge on any atom is 0.351 e. The zero-order valence-electron chi connectivity index (χ0n) is 31.0. The Balaban J connectivity index is 1.37. The number of ether oxygens (including phenoxy) is 5. The normalized spacial score (nSPS) is 18.5. The number of methoxy groups -OCH3 is 3. The van der Waals surface area contributed by atoms with Gasteiger partial charge in [-0.3, -0.25) is 14.9 Å². The Labute approximate surface area is 325 Å². The first-order chi connectivity index (χ1) is 27.3. The highest BCUT2D eigenvalue weighted by Crippen LogP contribution is 2.45. The highest BCUT2D eigenvalue weighted by molar-refractivity contribution is 7.44. The first kappa shape index (κ1) is 40.2. The van der Waals surface area contributed by atoms with Gasteiger partial charge < -0.3 is 38.0 Å². The number of anilines is 1. The van der Waals surface area contributed by atoms with Crippen LogP contribution in [0, 0.1) is 11.3 Å². The van der Waals surface area contributed by atoms with Crippen LogP contribution in [0.5, 0.6) is 11.5 Å². The van der Waals surface area contributed by atoms with Crippen molar-refractivity contribution < 1.29 is 37.5 Å². The lowest BCUT2D eigenvalue weighted by atomic mass is 9.80. The van der Waals surface area contributed by atoms with Gasteiger partial charge in [-0.2, -0.15) is 10.2 Å². The number of aromatic nitrogens is 2. The van der Waals surface area contributed by atoms with Crippen LogP contribution < -0.4 is 26.0 Å². The SMILES string of the molecule is COc1ccc(C(OC[C@H]2O[C@@H](n3ccc(NC(=O)c4ccccc4)nc3=O)[C@H](OC)[C@@H]2OP(N)OCCC#N)(c2ccccc2)c2ccc(OC)cc2)cc1. The molecule has 1 aromatic heterocycles. The molecule has 5 atom stereocenters. The van der Waals surface area contributed by atoms with Gasteiger partial charge in [0.1, 0.15) is 41.2 Å². The summed E-state index contributed by atoms with van der Waals surface area (Å²) in [5.41, 5.74) is 7.22. The zero-order valence-corrected chi connectivity index (χ0v) is 31.9. The number of nitrogens with two attached hydrogens (primary N) is 1. The van der Waals surface area contributed by atoms with E-state index in [-0.39, 0.29) is 25.5 Å². The quantitative estimate of drug-likeness (QED) is 0.0647. The van der Waals surface area contributed by atoms with Gasteiger partial charge in [0.2, 0.25) is 0 Å². The van der Waals surface area contributed by atoms with Crippen molar-refractivity contribution in [3.8, 4) is 17.6 Å². The summed E-state index contributed by atoms with van der Waals surface area (Å²) >= 11 is 0. The first-order valence-corrected chi connectivity index (χ1v) is 18.9. The zero-order chi connectivity index (χ0) is 39.5. The van der Waals surface area contributed by atoms with E-state index in [1.165, 1.54) is 23.9 Å². The van der Waals surface area contributed by atoms with Crippen molar-refractivity contribution in [2.75, 3.05) is 39.9 Å². The van der Waals surface area contributed by atoms with Crippen LogP contribution in [0.1, 0.15) is 39.7 Å². The Morgan fingerprint density at radius 1 is 0.875 bits per heavy atom. The molecule has 4 aromatic carbocycles. The van der Waals surface area contributed by atoms with Gasteiger partial charge in [-0.15, -0.1) is 0 Å². The number of nitrogens with zero attached hydrogens (tertiary/aromatic N) is 3. The minimum atomic E-state index is -2.02. The van der Waals surface area contributed by atoms with E-state index in [0.717, 1.165) is 16.7 Å². The fourth-order valence-corrected chi connectivity index (χ4v) is 7.34. The summed E-state index contributed by atoms with van der Waals surface area (Å²) in [6.45, 7) is -0.0388. The minimum absolute atomic E-state index is 0.0557. The van der Waals surface area contributed by atoms with Crippen LogP contribution in [0.2, 0.25) is 0 Å². The third-order valence-corrected chi connectivity index (χ3v) is 10.1. The third kappa shape index (κ3) is 8.97. The molecule has 1 aliphatic rings. The molecule has 3 N–H and O–H groups in total. The number of nitrogens with one attached hydrogen (secondary N) is 1. The van der Waals surface area contributed by atoms with Crippen LogP contribution >= 0.6 is 8.53 Å². The van der Waals surface area contributed by atoms with Gasteiger partial charge in [-0.1, -0.05) is 72.8 Å². The summed E-state index contributed by atoms with van der Waals surface area (Å²) in [6, 6.07) is 37.0. The number of benzene rings is 4. The van der Waals surface area contributed by atoms with E-state index < -0.39 is 50.3 Å². The summed E-state index contributed by atoms with van der Waals surface area (Å²) in [5.74, 6) is 0.973. The molecule has 0 saturated carbocycles. The molecule has 290 valence electrons. The highest BCUT2D eigenvalue weighted by atomic mass is 31.2. The average Bonchev–Trinajstić information content (AvgIpc) is 3.58. The van der Waals surface area contributed by atoms with Crippen molar-refractivity contribution in [2.24, 2.45) is 5.50 Å². The van der Waals surface area contributed by atoms with Crippen LogP contribution in [-0.4, -0.2) is 68.3 Å². The smallest absolute Gasteiger partial charge is 0.351 e. The van der Waals surface area contributed by atoms with E-state index in [1.54, 1.807) is 44.6 Å². The summed E-state index contributed by atoms with van der Waals surface area (Å²) < 4.78 is 43.8. The summed E-state index contributed by atoms with van der Waals surface area (Å²) in [4.78, 5) is 30.5. The maximum absolute atomic E-state index is 13.6. The van der Waals surface area contributed by atoms with Crippen LogP contribution in [0.15, 0.2) is 126 Å². The van der Waals surface area contributed by atoms with E-state index >= 15 is 0 Å². The van der Waals surface area contributed by atoms with Crippen LogP contribution in [0.4, 0.5) is 5.82 Å². The summed E-state index contributed by atoms with van der Waals surface area (Å²) in [7, 11) is 2.65. The number of carbonyl (C=O) groups is 1. The van der Waals surface area contributed by atoms with Crippen molar-refractivity contribution in [3.05, 3.63) is 154 Å². The van der Waals surface area contributed by atoms with Crippen molar-refractivity contribution in [3.63, 3.8) is 0 Å². The number of rotatable bonds is 17. The molecule has 15 heteroatoms. The minimum Gasteiger partial charge on any atom is -0.497 e. The molecule has 0 aliphatic carbocycles. The van der Waals surface area contributed by atoms with E-state index in [4.69, 9.17) is 43.5 Å². The lowest BCUT2D eigenvalue weighted by Gasteiger charge is -2.37. The number of nitriles is 1. The molecular weight excluding hydrogens is 737 g/mol. The Kier molecular flexibility index (Phi) is 13.6. The lowest BCUT2D eigenvalue weighted by Crippen LogP contribution is -2.41. The second kappa shape index (κ2) is 18.9. The Morgan fingerprint density at radius 3 is 2.02 bits per heavy atom. The molecule has 14 nitrogen and oxygen atoms in total. The van der Waals surface area contributed by atoms with Crippen molar-refractivity contribution in [2.45, 2.75) is 36.6 Å². The Morgan fingerprint density at radius 2 is 1.46 bits per heavy atom. The molecule has 0 bridgehead atoms. The van der Waals surface area contributed by atoms with Gasteiger partial charge in [-0.05, 0) is 59.2 Å². The van der Waals surface area contributed by atoms with Crippen LogP contribution in [-0.2, 0) is 28.9 Å². The third-order valence-electron chi connectivity index (χ3n) is 9.23. The van der Waals surface area contributed by atoms with Gasteiger partial charge in [0.15, 0.2) is 6.23 Å². The average molecular weight is 780 g/mol. The van der Waals surface area contributed by atoms with Crippen molar-refractivity contribution in [1.29, 1.82) is 5.26 Å². The molecule has 0 spiro atoms. The van der Waals surface area contributed by atoms with Crippen LogP contribution in [0.3, 0.4) is 0 Å². The fourth-order valence-electron chi connectivity index (χ4n) is 6.51. The van der Waals surface area contributed by atoms with Gasteiger partial charge in [0.25, 0.3) is 14.4 Å². The number of amides is 1. The topological polar surface area (TPSA) is 178 Å². The first-order valence-electron chi connectivity index (χ1n) is 17.6. The molecule has 56 heavy (non-hydrogen) atoms. The predicted molar refractivity (Wildman–Crippen MR) is 208 cm³/mol. The molecule has 1 saturated heterocycles. The molecule has 5 aromatic rings. The number of carbonyl (C=O) groups excluding carboxylic acids is 1. The van der Waals surface area contributed by atoms with Gasteiger partial charge in [0.05, 0.1) is 39.9 Å². The van der Waals surface area contributed by atoms with Crippen molar-refractivity contribution in [1.82, 2.24) is 9.55 Å². The molecular formula is C41H42N5O9P. The molecule has 1 amide bonds. The summed E-state index contributed by atoms with van der Waals surface area (Å²) in [5, 5.41) is 11.7. The van der Waals surface area contributed by atoms with Crippen LogP contribution in [0.25, 0.3) is 0 Å². The Hall–Kier alpha value is -5.49. The van der Waals surface area contributed by atoms with E-state index in [2.05, 4.69) is 10.3 Å². The highest BCUT2D eigenvalue weighted by Gasteiger charge is 2.50. The number of hydrogen-bond donors (Lipinski definition) is 2. The predicted octanol–water partition coefficient (Wildman–Crippen LogP) is 5.93. The van der Waals surface area contributed by atoms with E-state index in [1.807, 2.05) is 84.9 Å². The van der Waals surface area contributed by atoms with Crippen molar-refractivity contribution >= 4 is 20.3 Å². The number of hydrogen-bond acceptors (Lipinski definition) is 12. The van der Waals surface area contributed by atoms with Gasteiger partial charge in [0, 0.05) is 18.9 Å². The fraction of sp³-hybridized carbons (Fsp3) is 0.268. The maximum atomic E-state index is 13.6. The van der Waals surface area contributed by atoms with E-state index in [9.17, 15) is 9.59 Å². The monoisotopic (exact) mass is 779 g/mol. The molecule has 0 radical (unpaired) electrons. The second-order valence-corrected chi connectivity index (χ2v) is 13.5. The summed E-state index contributed by atoms with van der Waals surface area (Å²) in [6.07, 6.45) is -2.21. The molecule has 2 heterocycles. The van der Waals surface area contributed by atoms with Gasteiger partial charge >= 0.3 is 5.69 Å². The largest absolute Gasteiger partial charge is 0.497 e. The second-order valence-electron chi connectivity index (χ2n) is 12.5. The standard InChI is InChI=1S/C41H42N5O9P/c1-49-32-19-15-30(16-20-32)41(29-13-8-5-9-14-29,31-17-21-33(50-2)22-18-31)52-27-34-36(55-56(43)53-26-10-24-42)37(51-3)39(54-34)46-25-23-35(45-40(46)48)44-38(47)28-11-6-4-7-12-28/h4-9,11-23,25,34,36-37,39H,10,26-27,43H2,1-3H3,(H,44,45,47,48)/t34-,36-,37-,39-,56?/m1/s1. The molecule has 1 unspecified atom stereocenters. The Bertz CT molecular complexity index is 2090. The van der Waals surface area contributed by atoms with Gasteiger partial charge in [-0.25, -0.2) is 4.79 Å².